The van der Waals surface area contributed by atoms with Crippen molar-refractivity contribution in [1.82, 2.24) is 0 Å². The average molecular weight is 182 g/mol. The van der Waals surface area contributed by atoms with E-state index in [0.29, 0.717) is 10.7 Å². The monoisotopic (exact) mass is 181 g/mol. The second kappa shape index (κ2) is 2.64. The van der Waals surface area contributed by atoms with Crippen LogP contribution in [0.2, 0.25) is 0 Å². The molecule has 2 heterocycles. The maximum absolute atomic E-state index is 11.1. The van der Waals surface area contributed by atoms with Crippen molar-refractivity contribution in [2.45, 2.75) is 6.04 Å². The maximum atomic E-state index is 11.1. The van der Waals surface area contributed by atoms with Gasteiger partial charge in [-0.3, -0.25) is 9.79 Å². The van der Waals surface area contributed by atoms with Crippen molar-refractivity contribution in [3.05, 3.63) is 11.1 Å². The van der Waals surface area contributed by atoms with Gasteiger partial charge in [-0.05, 0) is 6.08 Å². The lowest BCUT2D eigenvalue weighted by Crippen LogP contribution is -2.30. The van der Waals surface area contributed by atoms with Crippen LogP contribution in [0.4, 0.5) is 0 Å². The summed E-state index contributed by atoms with van der Waals surface area (Å²) in [4.78, 5) is 22.3. The van der Waals surface area contributed by atoms with Crippen molar-refractivity contribution in [3.63, 3.8) is 0 Å². The van der Waals surface area contributed by atoms with E-state index in [1.807, 2.05) is 0 Å². The largest absolute Gasteiger partial charge is 0.278 e. The third kappa shape index (κ3) is 1.10. The van der Waals surface area contributed by atoms with Gasteiger partial charge in [-0.2, -0.15) is 4.99 Å². The first-order valence-electron chi connectivity index (χ1n) is 3.32. The number of halogens is 1. The minimum absolute atomic E-state index is 0.295. The zero-order chi connectivity index (χ0) is 8.55. The van der Waals surface area contributed by atoms with Crippen LogP contribution in [0.5, 0.6) is 0 Å². The van der Waals surface area contributed by atoms with Crippen LogP contribution in [-0.2, 0) is 4.79 Å². The number of aliphatic imine (C=N–C) groups is 3. The first kappa shape index (κ1) is 7.36. The second-order valence-corrected chi connectivity index (χ2v) is 2.78. The molecule has 0 radical (unpaired) electrons. The van der Waals surface area contributed by atoms with E-state index in [-0.39, 0.29) is 5.91 Å². The van der Waals surface area contributed by atoms with E-state index in [1.54, 1.807) is 6.08 Å². The Morgan fingerprint density at radius 2 is 2.33 bits per heavy atom. The third-order valence-corrected chi connectivity index (χ3v) is 1.75. The average Bonchev–Trinajstić information content (AvgIpc) is 2.04. The fourth-order valence-corrected chi connectivity index (χ4v) is 1.17. The van der Waals surface area contributed by atoms with Gasteiger partial charge >= 0.3 is 0 Å². The van der Waals surface area contributed by atoms with E-state index in [1.165, 1.54) is 12.6 Å². The zero-order valence-corrected chi connectivity index (χ0v) is 6.69. The van der Waals surface area contributed by atoms with E-state index >= 15 is 0 Å². The van der Waals surface area contributed by atoms with Crippen molar-refractivity contribution in [1.29, 1.82) is 0 Å². The summed E-state index contributed by atoms with van der Waals surface area (Å²) in [6, 6.07) is -0.572. The predicted octanol–water partition coefficient (Wildman–Crippen LogP) is 0.572. The summed E-state index contributed by atoms with van der Waals surface area (Å²) in [6.07, 6.45) is 4.27. The van der Waals surface area contributed by atoms with Gasteiger partial charge in [0, 0.05) is 6.21 Å². The lowest BCUT2D eigenvalue weighted by atomic mass is 10.1. The van der Waals surface area contributed by atoms with E-state index < -0.39 is 6.04 Å². The van der Waals surface area contributed by atoms with Crippen molar-refractivity contribution in [3.8, 4) is 0 Å². The number of nitrogens with zero attached hydrogens (tertiary/aromatic N) is 3. The van der Waals surface area contributed by atoms with Gasteiger partial charge in [0.05, 0.1) is 10.7 Å². The summed E-state index contributed by atoms with van der Waals surface area (Å²) in [5.41, 5.74) is 0.558. The van der Waals surface area contributed by atoms with Crippen LogP contribution in [0, 0.1) is 0 Å². The summed E-state index contributed by atoms with van der Waals surface area (Å²) in [5.74, 6) is -0.295. The van der Waals surface area contributed by atoms with Crippen LogP contribution in [0.3, 0.4) is 0 Å². The SMILES string of the molecule is O=C1N=CN=C2C=C(Cl)C=NC12. The number of hydrogen-bond donors (Lipinski definition) is 0. The molecule has 4 nitrogen and oxygen atoms in total. The predicted molar refractivity (Wildman–Crippen MR) is 47.2 cm³/mol. The van der Waals surface area contributed by atoms with Gasteiger partial charge in [0.25, 0.3) is 5.91 Å². The summed E-state index contributed by atoms with van der Waals surface area (Å²) < 4.78 is 0. The summed E-state index contributed by atoms with van der Waals surface area (Å²) in [6.45, 7) is 0. The number of carbonyl (C=O) groups excluding carboxylic acids is 1. The molecular weight excluding hydrogens is 178 g/mol. The lowest BCUT2D eigenvalue weighted by molar-refractivity contribution is -0.117. The third-order valence-electron chi connectivity index (χ3n) is 1.54. The van der Waals surface area contributed by atoms with E-state index in [9.17, 15) is 4.79 Å². The molecule has 5 heteroatoms. The van der Waals surface area contributed by atoms with Crippen molar-refractivity contribution in [2.24, 2.45) is 15.0 Å². The molecule has 1 unspecified atom stereocenters. The Morgan fingerprint density at radius 3 is 3.17 bits per heavy atom. The number of carbonyl (C=O) groups is 1. The summed E-state index contributed by atoms with van der Waals surface area (Å²) >= 11 is 5.66. The Morgan fingerprint density at radius 1 is 1.50 bits per heavy atom. The number of rotatable bonds is 0. The Hall–Kier alpha value is -1.29. The van der Waals surface area contributed by atoms with E-state index in [4.69, 9.17) is 11.6 Å². The molecule has 0 aromatic carbocycles. The molecule has 0 aromatic heterocycles. The van der Waals surface area contributed by atoms with Crippen LogP contribution in [0.25, 0.3) is 0 Å². The standard InChI is InChI=1S/C7H4ClN3O/c8-4-1-5-6(9-2-4)7(12)11-3-10-5/h1-3,6H. The van der Waals surface area contributed by atoms with E-state index in [0.717, 1.165) is 0 Å². The molecule has 12 heavy (non-hydrogen) atoms. The van der Waals surface area contributed by atoms with Gasteiger partial charge in [-0.15, -0.1) is 0 Å². The molecule has 2 rings (SSSR count). The van der Waals surface area contributed by atoms with Crippen molar-refractivity contribution >= 4 is 35.8 Å². The summed E-state index contributed by atoms with van der Waals surface area (Å²) in [7, 11) is 0. The Bertz CT molecular complexity index is 354. The molecule has 0 fully saturated rings. The number of dihydropyridines is 1. The van der Waals surface area contributed by atoms with Crippen LogP contribution >= 0.6 is 11.6 Å². The van der Waals surface area contributed by atoms with Gasteiger partial charge < -0.3 is 0 Å². The fourth-order valence-electron chi connectivity index (χ4n) is 1.00. The minimum atomic E-state index is -0.572. The number of allylic oxidation sites excluding steroid dienone is 1. The lowest BCUT2D eigenvalue weighted by Gasteiger charge is -2.14. The molecule has 0 N–H and O–H groups in total. The van der Waals surface area contributed by atoms with Crippen LogP contribution < -0.4 is 0 Å². The zero-order valence-electron chi connectivity index (χ0n) is 5.94. The molecule has 0 aromatic rings. The molecule has 0 aliphatic carbocycles. The highest BCUT2D eigenvalue weighted by atomic mass is 35.5. The molecule has 0 spiro atoms. The van der Waals surface area contributed by atoms with Crippen LogP contribution in [0.1, 0.15) is 0 Å². The quantitative estimate of drug-likeness (QED) is 0.539. The van der Waals surface area contributed by atoms with Crippen LogP contribution in [-0.4, -0.2) is 30.2 Å². The first-order valence-corrected chi connectivity index (χ1v) is 3.69. The number of amides is 1. The van der Waals surface area contributed by atoms with Gasteiger partial charge in [-0.25, -0.2) is 4.99 Å². The maximum Gasteiger partial charge on any atom is 0.278 e. The fraction of sp³-hybridized carbons (Fsp3) is 0.143. The Kier molecular flexibility index (Phi) is 1.62. The smallest absolute Gasteiger partial charge is 0.272 e. The number of hydrogen-bond acceptors (Lipinski definition) is 3. The molecule has 0 saturated heterocycles. The number of fused-ring (bicyclic) bond motifs is 1. The second-order valence-electron chi connectivity index (χ2n) is 2.35. The van der Waals surface area contributed by atoms with Gasteiger partial charge in [-0.1, -0.05) is 11.6 Å². The van der Waals surface area contributed by atoms with Crippen molar-refractivity contribution < 1.29 is 4.79 Å². The molecule has 1 amide bonds. The Labute approximate surface area is 73.4 Å². The normalized spacial score (nSPS) is 26.4. The van der Waals surface area contributed by atoms with Crippen LogP contribution in [0.15, 0.2) is 26.1 Å². The molecule has 2 aliphatic heterocycles. The summed E-state index contributed by atoms with van der Waals surface area (Å²) in [5, 5.41) is 0.480. The highest BCUT2D eigenvalue weighted by molar-refractivity contribution is 6.42. The van der Waals surface area contributed by atoms with Gasteiger partial charge in [0.2, 0.25) is 0 Å². The van der Waals surface area contributed by atoms with Gasteiger partial charge in [0.1, 0.15) is 6.34 Å². The Balaban J connectivity index is 2.43. The minimum Gasteiger partial charge on any atom is -0.272 e. The van der Waals surface area contributed by atoms with E-state index in [2.05, 4.69) is 15.0 Å². The molecule has 2 aliphatic rings. The molecule has 0 bridgehead atoms. The highest BCUT2D eigenvalue weighted by Crippen LogP contribution is 2.12. The topological polar surface area (TPSA) is 54.1 Å². The molecule has 1 atom stereocenters. The molecule has 0 saturated carbocycles. The highest BCUT2D eigenvalue weighted by Gasteiger charge is 2.25. The molecular formula is C7H4ClN3O. The van der Waals surface area contributed by atoms with Gasteiger partial charge in [0.15, 0.2) is 6.04 Å². The van der Waals surface area contributed by atoms with Crippen molar-refractivity contribution in [2.75, 3.05) is 0 Å². The molecule has 60 valence electrons. The first-order chi connectivity index (χ1) is 5.77.